The fourth-order valence-corrected chi connectivity index (χ4v) is 1.12. The van der Waals surface area contributed by atoms with Crippen molar-refractivity contribution in [2.45, 2.75) is 0 Å². The lowest BCUT2D eigenvalue weighted by Gasteiger charge is -2.06. The number of carboxylic acids is 1. The molecule has 0 aliphatic rings. The van der Waals surface area contributed by atoms with E-state index < -0.39 is 11.9 Å². The van der Waals surface area contributed by atoms with Crippen LogP contribution in [0.25, 0.3) is 0 Å². The summed E-state index contributed by atoms with van der Waals surface area (Å²) < 4.78 is 4.89. The van der Waals surface area contributed by atoms with Gasteiger partial charge in [0.1, 0.15) is 5.75 Å². The van der Waals surface area contributed by atoms with Crippen molar-refractivity contribution in [1.29, 1.82) is 0 Å². The van der Waals surface area contributed by atoms with E-state index in [2.05, 4.69) is 5.32 Å². The molecular weight excluding hydrogens is 222 g/mol. The lowest BCUT2D eigenvalue weighted by Crippen LogP contribution is -2.21. The zero-order valence-electron chi connectivity index (χ0n) is 7.78. The molecule has 0 saturated carbocycles. The normalized spacial score (nSPS) is 9.47. The number of amides is 1. The Hall–Kier alpha value is -1.75. The summed E-state index contributed by atoms with van der Waals surface area (Å²) in [5.74, 6) is -2.18. The Balaban J connectivity index is 2.87. The molecule has 1 aromatic rings. The van der Waals surface area contributed by atoms with Crippen LogP contribution in [0, 0.1) is 0 Å². The molecular formula is C9H8ClNO4. The predicted octanol–water partition coefficient (Wildman–Crippen LogP) is 1.37. The van der Waals surface area contributed by atoms with Gasteiger partial charge in [-0.05, 0) is 12.1 Å². The highest BCUT2D eigenvalue weighted by Crippen LogP contribution is 2.26. The Morgan fingerprint density at radius 2 is 2.13 bits per heavy atom. The summed E-state index contributed by atoms with van der Waals surface area (Å²) in [6.07, 6.45) is 0. The summed E-state index contributed by atoms with van der Waals surface area (Å²) in [6, 6.07) is 4.49. The Morgan fingerprint density at radius 1 is 1.47 bits per heavy atom. The minimum Gasteiger partial charge on any atom is -0.497 e. The van der Waals surface area contributed by atoms with Crippen molar-refractivity contribution in [3.63, 3.8) is 0 Å². The summed E-state index contributed by atoms with van der Waals surface area (Å²) in [7, 11) is 1.47. The number of rotatable bonds is 2. The number of hydrogen-bond acceptors (Lipinski definition) is 3. The third-order valence-electron chi connectivity index (χ3n) is 1.62. The van der Waals surface area contributed by atoms with Crippen LogP contribution in [0.15, 0.2) is 18.2 Å². The second-order valence-corrected chi connectivity index (χ2v) is 3.01. The predicted molar refractivity (Wildman–Crippen MR) is 54.3 cm³/mol. The van der Waals surface area contributed by atoms with Crippen LogP contribution in [0.2, 0.25) is 5.02 Å². The largest absolute Gasteiger partial charge is 0.497 e. The lowest BCUT2D eigenvalue weighted by molar-refractivity contribution is -0.147. The van der Waals surface area contributed by atoms with Crippen LogP contribution in [0.4, 0.5) is 5.69 Å². The summed E-state index contributed by atoms with van der Waals surface area (Å²) in [4.78, 5) is 21.1. The van der Waals surface area contributed by atoms with Crippen molar-refractivity contribution in [2.75, 3.05) is 12.4 Å². The minimum atomic E-state index is -1.57. The molecule has 1 amide bonds. The third kappa shape index (κ3) is 2.85. The maximum absolute atomic E-state index is 10.8. The maximum Gasteiger partial charge on any atom is 0.394 e. The maximum atomic E-state index is 10.8. The Bertz CT molecular complexity index is 405. The molecule has 0 spiro atoms. The number of anilines is 1. The van der Waals surface area contributed by atoms with Crippen LogP contribution < -0.4 is 10.1 Å². The van der Waals surface area contributed by atoms with E-state index in [9.17, 15) is 9.59 Å². The number of benzene rings is 1. The average Bonchev–Trinajstić information content (AvgIpc) is 2.20. The van der Waals surface area contributed by atoms with E-state index in [-0.39, 0.29) is 10.7 Å². The van der Waals surface area contributed by atoms with E-state index >= 15 is 0 Å². The highest BCUT2D eigenvalue weighted by atomic mass is 35.5. The Morgan fingerprint density at radius 3 is 2.60 bits per heavy atom. The first-order chi connectivity index (χ1) is 7.04. The number of methoxy groups -OCH3 is 1. The van der Waals surface area contributed by atoms with Gasteiger partial charge in [0.2, 0.25) is 0 Å². The van der Waals surface area contributed by atoms with Gasteiger partial charge in [-0.2, -0.15) is 0 Å². The average molecular weight is 230 g/mol. The molecule has 0 atom stereocenters. The van der Waals surface area contributed by atoms with Crippen LogP contribution in [-0.4, -0.2) is 24.1 Å². The van der Waals surface area contributed by atoms with Crippen molar-refractivity contribution in [1.82, 2.24) is 0 Å². The van der Waals surface area contributed by atoms with Crippen molar-refractivity contribution in [2.24, 2.45) is 0 Å². The second-order valence-electron chi connectivity index (χ2n) is 2.61. The number of aliphatic carboxylic acids is 1. The summed E-state index contributed by atoms with van der Waals surface area (Å²) >= 11 is 5.77. The monoisotopic (exact) mass is 229 g/mol. The van der Waals surface area contributed by atoms with Gasteiger partial charge in [0.05, 0.1) is 17.8 Å². The van der Waals surface area contributed by atoms with Gasteiger partial charge in [-0.3, -0.25) is 4.79 Å². The molecule has 0 unspecified atom stereocenters. The zero-order valence-corrected chi connectivity index (χ0v) is 8.54. The first-order valence-electron chi connectivity index (χ1n) is 3.92. The van der Waals surface area contributed by atoms with E-state index in [0.717, 1.165) is 0 Å². The van der Waals surface area contributed by atoms with E-state index in [1.165, 1.54) is 19.2 Å². The first-order valence-corrected chi connectivity index (χ1v) is 4.30. The van der Waals surface area contributed by atoms with Crippen LogP contribution >= 0.6 is 11.6 Å². The van der Waals surface area contributed by atoms with Gasteiger partial charge in [-0.15, -0.1) is 0 Å². The zero-order chi connectivity index (χ0) is 11.4. The molecule has 0 radical (unpaired) electrons. The molecule has 0 saturated heterocycles. The molecule has 0 aliphatic heterocycles. The first kappa shape index (κ1) is 11.3. The molecule has 2 N–H and O–H groups in total. The van der Waals surface area contributed by atoms with E-state index in [1.807, 2.05) is 0 Å². The van der Waals surface area contributed by atoms with Gasteiger partial charge in [-0.1, -0.05) is 11.6 Å². The number of carbonyl (C=O) groups excluding carboxylic acids is 1. The molecule has 80 valence electrons. The topological polar surface area (TPSA) is 75.6 Å². The molecule has 1 aromatic carbocycles. The van der Waals surface area contributed by atoms with Crippen molar-refractivity contribution < 1.29 is 19.4 Å². The quantitative estimate of drug-likeness (QED) is 0.751. The lowest BCUT2D eigenvalue weighted by atomic mass is 10.3. The van der Waals surface area contributed by atoms with Crippen LogP contribution in [0.1, 0.15) is 0 Å². The van der Waals surface area contributed by atoms with E-state index in [0.29, 0.717) is 5.75 Å². The number of nitrogens with one attached hydrogen (secondary N) is 1. The number of hydrogen-bond donors (Lipinski definition) is 2. The van der Waals surface area contributed by atoms with E-state index in [1.54, 1.807) is 6.07 Å². The Kier molecular flexibility index (Phi) is 3.51. The molecule has 1 rings (SSSR count). The van der Waals surface area contributed by atoms with Gasteiger partial charge in [0.15, 0.2) is 0 Å². The number of halogens is 1. The third-order valence-corrected chi connectivity index (χ3v) is 1.93. The van der Waals surface area contributed by atoms with Gasteiger partial charge in [0.25, 0.3) is 0 Å². The molecule has 0 aliphatic carbocycles. The molecule has 6 heteroatoms. The SMILES string of the molecule is COc1ccc(NC(=O)C(=O)O)c(Cl)c1. The van der Waals surface area contributed by atoms with Gasteiger partial charge in [0, 0.05) is 6.07 Å². The summed E-state index contributed by atoms with van der Waals surface area (Å²) in [5.41, 5.74) is 0.227. The number of carbonyl (C=O) groups is 2. The van der Waals surface area contributed by atoms with Crippen molar-refractivity contribution >= 4 is 29.2 Å². The van der Waals surface area contributed by atoms with Crippen molar-refractivity contribution in [3.05, 3.63) is 23.2 Å². The van der Waals surface area contributed by atoms with E-state index in [4.69, 9.17) is 21.4 Å². The summed E-state index contributed by atoms with van der Waals surface area (Å²) in [5, 5.41) is 10.7. The fourth-order valence-electron chi connectivity index (χ4n) is 0.900. The number of ether oxygens (including phenoxy) is 1. The Labute approximate surface area is 90.6 Å². The highest BCUT2D eigenvalue weighted by molar-refractivity contribution is 6.39. The smallest absolute Gasteiger partial charge is 0.394 e. The minimum absolute atomic E-state index is 0.212. The molecule has 15 heavy (non-hydrogen) atoms. The van der Waals surface area contributed by atoms with Gasteiger partial charge in [-0.25, -0.2) is 4.79 Å². The number of carboxylic acid groups (broad SMARTS) is 1. The second kappa shape index (κ2) is 4.65. The van der Waals surface area contributed by atoms with Gasteiger partial charge < -0.3 is 15.2 Å². The summed E-state index contributed by atoms with van der Waals surface area (Å²) in [6.45, 7) is 0. The van der Waals surface area contributed by atoms with Crippen LogP contribution in [0.5, 0.6) is 5.75 Å². The molecule has 0 fully saturated rings. The fraction of sp³-hybridized carbons (Fsp3) is 0.111. The van der Waals surface area contributed by atoms with Gasteiger partial charge >= 0.3 is 11.9 Å². The molecule has 0 aromatic heterocycles. The van der Waals surface area contributed by atoms with Crippen LogP contribution in [-0.2, 0) is 9.59 Å². The highest BCUT2D eigenvalue weighted by Gasteiger charge is 2.13. The molecule has 0 bridgehead atoms. The molecule has 0 heterocycles. The standard InChI is InChI=1S/C9H8ClNO4/c1-15-5-2-3-7(6(10)4-5)11-8(12)9(13)14/h2-4H,1H3,(H,11,12)(H,13,14). The molecule has 5 nitrogen and oxygen atoms in total. The van der Waals surface area contributed by atoms with Crippen LogP contribution in [0.3, 0.4) is 0 Å². The van der Waals surface area contributed by atoms with Crippen molar-refractivity contribution in [3.8, 4) is 5.75 Å².